The van der Waals surface area contributed by atoms with Gasteiger partial charge in [0.25, 0.3) is 5.91 Å². The fourth-order valence-corrected chi connectivity index (χ4v) is 3.87. The number of methoxy groups -OCH3 is 1. The molecule has 1 fully saturated rings. The SMILES string of the molecule is CCOc1ccc(-n2cnnc2)cc1NC(=O)c1ccc(OC)c(CC2CCNC2)c1. The van der Waals surface area contributed by atoms with Crippen LogP contribution in [0.3, 0.4) is 0 Å². The van der Waals surface area contributed by atoms with Gasteiger partial charge in [-0.1, -0.05) is 0 Å². The van der Waals surface area contributed by atoms with Gasteiger partial charge in [-0.3, -0.25) is 9.36 Å². The van der Waals surface area contributed by atoms with Gasteiger partial charge in [0.05, 0.1) is 25.1 Å². The van der Waals surface area contributed by atoms with Crippen LogP contribution in [0.5, 0.6) is 11.5 Å². The third-order valence-electron chi connectivity index (χ3n) is 5.44. The predicted octanol–water partition coefficient (Wildman–Crippen LogP) is 3.08. The Balaban J connectivity index is 1.59. The summed E-state index contributed by atoms with van der Waals surface area (Å²) >= 11 is 0. The number of nitrogens with one attached hydrogen (secondary N) is 2. The quantitative estimate of drug-likeness (QED) is 0.581. The van der Waals surface area contributed by atoms with Crippen molar-refractivity contribution in [2.75, 3.05) is 32.1 Å². The van der Waals surface area contributed by atoms with E-state index in [1.165, 1.54) is 0 Å². The van der Waals surface area contributed by atoms with Gasteiger partial charge >= 0.3 is 0 Å². The zero-order valence-corrected chi connectivity index (χ0v) is 17.8. The van der Waals surface area contributed by atoms with Gasteiger partial charge in [-0.2, -0.15) is 0 Å². The number of carbonyl (C=O) groups excluding carboxylic acids is 1. The molecule has 1 aliphatic rings. The van der Waals surface area contributed by atoms with Crippen molar-refractivity contribution < 1.29 is 14.3 Å². The number of nitrogens with zero attached hydrogens (tertiary/aromatic N) is 3. The zero-order chi connectivity index (χ0) is 21.6. The van der Waals surface area contributed by atoms with Crippen LogP contribution in [-0.2, 0) is 6.42 Å². The molecule has 1 atom stereocenters. The van der Waals surface area contributed by atoms with Crippen molar-refractivity contribution in [3.63, 3.8) is 0 Å². The number of rotatable bonds is 8. The predicted molar refractivity (Wildman–Crippen MR) is 118 cm³/mol. The smallest absolute Gasteiger partial charge is 0.255 e. The third kappa shape index (κ3) is 4.86. The topological polar surface area (TPSA) is 90.3 Å². The summed E-state index contributed by atoms with van der Waals surface area (Å²) in [4.78, 5) is 13.1. The summed E-state index contributed by atoms with van der Waals surface area (Å²) in [5, 5.41) is 14.1. The lowest BCUT2D eigenvalue weighted by Crippen LogP contribution is -2.15. The Bertz CT molecular complexity index is 1030. The molecule has 8 nitrogen and oxygen atoms in total. The summed E-state index contributed by atoms with van der Waals surface area (Å²) in [6, 6.07) is 11.2. The Hall–Kier alpha value is -3.39. The van der Waals surface area contributed by atoms with Gasteiger partial charge in [0.1, 0.15) is 24.2 Å². The molecular formula is C23H27N5O3. The van der Waals surface area contributed by atoms with Crippen molar-refractivity contribution >= 4 is 11.6 Å². The van der Waals surface area contributed by atoms with E-state index in [9.17, 15) is 4.79 Å². The second-order valence-electron chi connectivity index (χ2n) is 7.53. The first kappa shape index (κ1) is 20.9. The molecular weight excluding hydrogens is 394 g/mol. The van der Waals surface area contributed by atoms with Crippen LogP contribution in [0.1, 0.15) is 29.3 Å². The maximum atomic E-state index is 13.1. The van der Waals surface area contributed by atoms with Crippen molar-refractivity contribution in [1.29, 1.82) is 0 Å². The van der Waals surface area contributed by atoms with Crippen LogP contribution >= 0.6 is 0 Å². The van der Waals surface area contributed by atoms with Crippen molar-refractivity contribution in [2.45, 2.75) is 19.8 Å². The van der Waals surface area contributed by atoms with Crippen LogP contribution in [0.25, 0.3) is 5.69 Å². The molecule has 0 saturated carbocycles. The standard InChI is InChI=1S/C23H27N5O3/c1-3-31-22-7-5-19(28-14-25-26-15-28)12-20(22)27-23(29)17-4-6-21(30-2)18(11-17)10-16-8-9-24-13-16/h4-7,11-12,14-16,24H,3,8-10,13H2,1-2H3,(H,27,29). The molecule has 4 rings (SSSR count). The van der Waals surface area contributed by atoms with Crippen LogP contribution in [0.2, 0.25) is 0 Å². The molecule has 1 unspecified atom stereocenters. The third-order valence-corrected chi connectivity index (χ3v) is 5.44. The number of hydrogen-bond donors (Lipinski definition) is 2. The number of amides is 1. The molecule has 0 aliphatic carbocycles. The highest BCUT2D eigenvalue weighted by molar-refractivity contribution is 6.05. The van der Waals surface area contributed by atoms with Gasteiger partial charge in [-0.15, -0.1) is 10.2 Å². The van der Waals surface area contributed by atoms with Gasteiger partial charge < -0.3 is 20.1 Å². The van der Waals surface area contributed by atoms with Crippen LogP contribution in [0, 0.1) is 5.92 Å². The molecule has 0 spiro atoms. The first-order valence-electron chi connectivity index (χ1n) is 10.5. The molecule has 162 valence electrons. The van der Waals surface area contributed by atoms with E-state index < -0.39 is 0 Å². The van der Waals surface area contributed by atoms with E-state index in [4.69, 9.17) is 9.47 Å². The van der Waals surface area contributed by atoms with Crippen molar-refractivity contribution in [2.24, 2.45) is 5.92 Å². The number of ether oxygens (including phenoxy) is 2. The van der Waals surface area contributed by atoms with E-state index >= 15 is 0 Å². The second kappa shape index (κ2) is 9.61. The Morgan fingerprint density at radius 1 is 1.19 bits per heavy atom. The van der Waals surface area contributed by atoms with Gasteiger partial charge in [-0.25, -0.2) is 0 Å². The maximum absolute atomic E-state index is 13.1. The minimum atomic E-state index is -0.199. The normalized spacial score (nSPS) is 15.6. The number of anilines is 1. The molecule has 2 heterocycles. The fraction of sp³-hybridized carbons (Fsp3) is 0.348. The first-order chi connectivity index (χ1) is 15.2. The Labute approximate surface area is 181 Å². The highest BCUT2D eigenvalue weighted by atomic mass is 16.5. The summed E-state index contributed by atoms with van der Waals surface area (Å²) in [5.41, 5.74) is 3.05. The van der Waals surface area contributed by atoms with Crippen molar-refractivity contribution in [3.05, 3.63) is 60.2 Å². The Morgan fingerprint density at radius 2 is 2.00 bits per heavy atom. The molecule has 1 aromatic heterocycles. The highest BCUT2D eigenvalue weighted by Crippen LogP contribution is 2.29. The van der Waals surface area contributed by atoms with E-state index in [1.807, 2.05) is 37.3 Å². The number of benzene rings is 2. The number of hydrogen-bond acceptors (Lipinski definition) is 6. The van der Waals surface area contributed by atoms with Gasteiger partial charge in [0.15, 0.2) is 0 Å². The monoisotopic (exact) mass is 421 g/mol. The number of aromatic nitrogens is 3. The lowest BCUT2D eigenvalue weighted by molar-refractivity contribution is 0.102. The highest BCUT2D eigenvalue weighted by Gasteiger charge is 2.19. The Morgan fingerprint density at radius 3 is 2.71 bits per heavy atom. The molecule has 31 heavy (non-hydrogen) atoms. The Kier molecular flexibility index (Phi) is 6.47. The van der Waals surface area contributed by atoms with E-state index in [-0.39, 0.29) is 5.91 Å². The minimum absolute atomic E-state index is 0.199. The van der Waals surface area contributed by atoms with Gasteiger partial charge in [0.2, 0.25) is 0 Å². The summed E-state index contributed by atoms with van der Waals surface area (Å²) in [6.45, 7) is 4.44. The first-order valence-corrected chi connectivity index (χ1v) is 10.5. The molecule has 1 saturated heterocycles. The van der Waals surface area contributed by atoms with Gasteiger partial charge in [-0.05, 0) is 80.7 Å². The minimum Gasteiger partial charge on any atom is -0.496 e. The van der Waals surface area contributed by atoms with Gasteiger partial charge in [0, 0.05) is 5.56 Å². The van der Waals surface area contributed by atoms with Crippen molar-refractivity contribution in [1.82, 2.24) is 20.1 Å². The second-order valence-corrected chi connectivity index (χ2v) is 7.53. The lowest BCUT2D eigenvalue weighted by atomic mass is 9.96. The molecule has 0 bridgehead atoms. The fourth-order valence-electron chi connectivity index (χ4n) is 3.87. The summed E-state index contributed by atoms with van der Waals surface area (Å²) in [7, 11) is 1.66. The average molecular weight is 422 g/mol. The van der Waals surface area contributed by atoms with E-state index in [2.05, 4.69) is 20.8 Å². The van der Waals surface area contributed by atoms with Crippen LogP contribution < -0.4 is 20.1 Å². The largest absolute Gasteiger partial charge is 0.496 e. The van der Waals surface area contributed by atoms with E-state index in [0.29, 0.717) is 29.5 Å². The van der Waals surface area contributed by atoms with Crippen LogP contribution in [-0.4, -0.2) is 47.5 Å². The lowest BCUT2D eigenvalue weighted by Gasteiger charge is -2.16. The van der Waals surface area contributed by atoms with E-state index in [0.717, 1.165) is 42.9 Å². The maximum Gasteiger partial charge on any atom is 0.255 e. The molecule has 1 aliphatic heterocycles. The molecule has 0 radical (unpaired) electrons. The average Bonchev–Trinajstić information content (AvgIpc) is 3.49. The van der Waals surface area contributed by atoms with E-state index in [1.54, 1.807) is 30.4 Å². The molecule has 2 aromatic carbocycles. The van der Waals surface area contributed by atoms with Crippen LogP contribution in [0.15, 0.2) is 49.1 Å². The van der Waals surface area contributed by atoms with Crippen molar-refractivity contribution in [3.8, 4) is 17.2 Å². The molecule has 3 aromatic rings. The molecule has 2 N–H and O–H groups in total. The summed E-state index contributed by atoms with van der Waals surface area (Å²) in [6.07, 6.45) is 5.22. The summed E-state index contributed by atoms with van der Waals surface area (Å²) in [5.74, 6) is 1.78. The summed E-state index contributed by atoms with van der Waals surface area (Å²) < 4.78 is 13.0. The molecule has 8 heteroatoms. The molecule has 1 amide bonds. The zero-order valence-electron chi connectivity index (χ0n) is 17.8. The van der Waals surface area contributed by atoms with Crippen LogP contribution in [0.4, 0.5) is 5.69 Å². The number of carbonyl (C=O) groups is 1.